The normalized spacial score (nSPS) is 27.9. The van der Waals surface area contributed by atoms with E-state index in [4.69, 9.17) is 9.84 Å². The maximum absolute atomic E-state index is 10.8. The van der Waals surface area contributed by atoms with Crippen LogP contribution in [0.15, 0.2) is 30.3 Å². The molecule has 0 spiro atoms. The van der Waals surface area contributed by atoms with Gasteiger partial charge in [-0.1, -0.05) is 18.2 Å². The lowest BCUT2D eigenvalue weighted by molar-refractivity contribution is -0.138. The molecular formula is C13H17NO3. The first-order chi connectivity index (χ1) is 8.16. The fourth-order valence-corrected chi connectivity index (χ4v) is 2.24. The first kappa shape index (κ1) is 11.9. The van der Waals surface area contributed by atoms with E-state index in [1.807, 2.05) is 37.3 Å². The second-order valence-corrected chi connectivity index (χ2v) is 4.43. The molecule has 92 valence electrons. The van der Waals surface area contributed by atoms with Crippen molar-refractivity contribution in [1.29, 1.82) is 0 Å². The summed E-state index contributed by atoms with van der Waals surface area (Å²) >= 11 is 0. The number of hydrogen-bond acceptors (Lipinski definition) is 3. The number of hydrogen-bond donors (Lipinski definition) is 2. The van der Waals surface area contributed by atoms with Crippen molar-refractivity contribution in [1.82, 2.24) is 5.32 Å². The lowest BCUT2D eigenvalue weighted by Crippen LogP contribution is -2.30. The summed E-state index contributed by atoms with van der Waals surface area (Å²) in [6.07, 6.45) is 0.0783. The molecule has 0 saturated carbocycles. The SMILES string of the molecule is C[C@H]1NC[C@@H](Oc2ccccc2)C1CC(=O)O. The summed E-state index contributed by atoms with van der Waals surface area (Å²) in [7, 11) is 0. The molecular weight excluding hydrogens is 218 g/mol. The Hall–Kier alpha value is -1.55. The van der Waals surface area contributed by atoms with E-state index < -0.39 is 5.97 Å². The predicted molar refractivity (Wildman–Crippen MR) is 64.1 cm³/mol. The van der Waals surface area contributed by atoms with Crippen LogP contribution in [0.4, 0.5) is 0 Å². The third-order valence-electron chi connectivity index (χ3n) is 3.20. The molecule has 4 nitrogen and oxygen atoms in total. The van der Waals surface area contributed by atoms with Crippen LogP contribution in [-0.2, 0) is 4.79 Å². The molecule has 0 aromatic heterocycles. The maximum atomic E-state index is 10.8. The first-order valence-corrected chi connectivity index (χ1v) is 5.83. The van der Waals surface area contributed by atoms with Crippen LogP contribution < -0.4 is 10.1 Å². The third-order valence-corrected chi connectivity index (χ3v) is 3.20. The topological polar surface area (TPSA) is 58.6 Å². The largest absolute Gasteiger partial charge is 0.489 e. The van der Waals surface area contributed by atoms with E-state index in [-0.39, 0.29) is 24.5 Å². The standard InChI is InChI=1S/C13H17NO3/c1-9-11(7-13(15)16)12(8-14-9)17-10-5-3-2-4-6-10/h2-6,9,11-12,14H,7-8H2,1H3,(H,15,16)/t9-,11?,12-/m1/s1. The minimum Gasteiger partial charge on any atom is -0.489 e. The monoisotopic (exact) mass is 235 g/mol. The molecule has 17 heavy (non-hydrogen) atoms. The van der Waals surface area contributed by atoms with Gasteiger partial charge in [-0.25, -0.2) is 0 Å². The molecule has 2 rings (SSSR count). The summed E-state index contributed by atoms with van der Waals surface area (Å²) in [6.45, 7) is 2.70. The quantitative estimate of drug-likeness (QED) is 0.830. The lowest BCUT2D eigenvalue weighted by Gasteiger charge is -2.21. The number of nitrogens with one attached hydrogen (secondary N) is 1. The summed E-state index contributed by atoms with van der Waals surface area (Å²) in [5.74, 6) is 0.0451. The van der Waals surface area contributed by atoms with Gasteiger partial charge in [0.05, 0.1) is 6.42 Å². The number of ether oxygens (including phenoxy) is 1. The summed E-state index contributed by atoms with van der Waals surface area (Å²) in [4.78, 5) is 10.8. The van der Waals surface area contributed by atoms with Crippen molar-refractivity contribution < 1.29 is 14.6 Å². The van der Waals surface area contributed by atoms with Crippen molar-refractivity contribution in [2.45, 2.75) is 25.5 Å². The van der Waals surface area contributed by atoms with Crippen molar-refractivity contribution >= 4 is 5.97 Å². The van der Waals surface area contributed by atoms with Gasteiger partial charge in [0.25, 0.3) is 0 Å². The predicted octanol–water partition coefficient (Wildman–Crippen LogP) is 1.52. The van der Waals surface area contributed by atoms with Crippen molar-refractivity contribution in [2.24, 2.45) is 5.92 Å². The van der Waals surface area contributed by atoms with Crippen LogP contribution >= 0.6 is 0 Å². The lowest BCUT2D eigenvalue weighted by atomic mass is 9.96. The zero-order valence-corrected chi connectivity index (χ0v) is 9.80. The number of rotatable bonds is 4. The van der Waals surface area contributed by atoms with Crippen LogP contribution in [0.2, 0.25) is 0 Å². The zero-order valence-electron chi connectivity index (χ0n) is 9.80. The van der Waals surface area contributed by atoms with E-state index in [2.05, 4.69) is 5.32 Å². The van der Waals surface area contributed by atoms with Gasteiger partial charge >= 0.3 is 5.97 Å². The Balaban J connectivity index is 2.02. The Morgan fingerprint density at radius 3 is 2.82 bits per heavy atom. The van der Waals surface area contributed by atoms with E-state index in [0.29, 0.717) is 6.54 Å². The van der Waals surface area contributed by atoms with Gasteiger partial charge in [-0.3, -0.25) is 4.79 Å². The van der Waals surface area contributed by atoms with Gasteiger partial charge in [0.15, 0.2) is 0 Å². The molecule has 1 aromatic rings. The second kappa shape index (κ2) is 5.19. The highest BCUT2D eigenvalue weighted by molar-refractivity contribution is 5.67. The summed E-state index contributed by atoms with van der Waals surface area (Å²) in [6, 6.07) is 9.71. The van der Waals surface area contributed by atoms with Gasteiger partial charge < -0.3 is 15.2 Å². The van der Waals surface area contributed by atoms with Crippen LogP contribution in [0, 0.1) is 5.92 Å². The number of carboxylic acid groups (broad SMARTS) is 1. The number of benzene rings is 1. The van der Waals surface area contributed by atoms with E-state index >= 15 is 0 Å². The van der Waals surface area contributed by atoms with E-state index in [1.165, 1.54) is 0 Å². The molecule has 1 aliphatic heterocycles. The van der Waals surface area contributed by atoms with E-state index in [1.54, 1.807) is 0 Å². The number of aliphatic carboxylic acids is 1. The van der Waals surface area contributed by atoms with Crippen LogP contribution in [0.1, 0.15) is 13.3 Å². The molecule has 3 atom stereocenters. The van der Waals surface area contributed by atoms with Gasteiger partial charge in [0, 0.05) is 18.5 Å². The second-order valence-electron chi connectivity index (χ2n) is 4.43. The highest BCUT2D eigenvalue weighted by Crippen LogP contribution is 2.24. The molecule has 0 radical (unpaired) electrons. The smallest absolute Gasteiger partial charge is 0.303 e. The Morgan fingerprint density at radius 2 is 2.18 bits per heavy atom. The van der Waals surface area contributed by atoms with E-state index in [9.17, 15) is 4.79 Å². The van der Waals surface area contributed by atoms with Crippen LogP contribution in [0.3, 0.4) is 0 Å². The average molecular weight is 235 g/mol. The van der Waals surface area contributed by atoms with Crippen molar-refractivity contribution in [3.63, 3.8) is 0 Å². The molecule has 1 fully saturated rings. The summed E-state index contributed by atoms with van der Waals surface area (Å²) in [5, 5.41) is 12.1. The molecule has 1 unspecified atom stereocenters. The summed E-state index contributed by atoms with van der Waals surface area (Å²) < 4.78 is 5.83. The molecule has 0 amide bonds. The van der Waals surface area contributed by atoms with Gasteiger partial charge in [0.1, 0.15) is 11.9 Å². The third kappa shape index (κ3) is 2.97. The first-order valence-electron chi connectivity index (χ1n) is 5.83. The Kier molecular flexibility index (Phi) is 3.64. The fraction of sp³-hybridized carbons (Fsp3) is 0.462. The molecule has 4 heteroatoms. The minimum absolute atomic E-state index is 0.0210. The van der Waals surface area contributed by atoms with Crippen LogP contribution in [0.5, 0.6) is 5.75 Å². The number of carboxylic acids is 1. The molecule has 1 aliphatic rings. The molecule has 0 bridgehead atoms. The van der Waals surface area contributed by atoms with Gasteiger partial charge in [0.2, 0.25) is 0 Å². The van der Waals surface area contributed by atoms with Crippen molar-refractivity contribution in [3.05, 3.63) is 30.3 Å². The van der Waals surface area contributed by atoms with Gasteiger partial charge in [-0.05, 0) is 19.1 Å². The van der Waals surface area contributed by atoms with Gasteiger partial charge in [-0.15, -0.1) is 0 Å². The van der Waals surface area contributed by atoms with Crippen LogP contribution in [0.25, 0.3) is 0 Å². The van der Waals surface area contributed by atoms with Gasteiger partial charge in [-0.2, -0.15) is 0 Å². The van der Waals surface area contributed by atoms with Crippen LogP contribution in [-0.4, -0.2) is 29.8 Å². The molecule has 1 saturated heterocycles. The number of carbonyl (C=O) groups is 1. The Labute approximate surface area is 101 Å². The zero-order chi connectivity index (χ0) is 12.3. The summed E-state index contributed by atoms with van der Waals surface area (Å²) in [5.41, 5.74) is 0. The minimum atomic E-state index is -0.771. The Bertz CT molecular complexity index is 380. The van der Waals surface area contributed by atoms with Crippen molar-refractivity contribution in [2.75, 3.05) is 6.54 Å². The van der Waals surface area contributed by atoms with E-state index in [0.717, 1.165) is 5.75 Å². The van der Waals surface area contributed by atoms with Crippen molar-refractivity contribution in [3.8, 4) is 5.75 Å². The Morgan fingerprint density at radius 1 is 1.47 bits per heavy atom. The average Bonchev–Trinajstić information content (AvgIpc) is 2.62. The number of para-hydroxylation sites is 1. The molecule has 1 heterocycles. The maximum Gasteiger partial charge on any atom is 0.303 e. The molecule has 1 aromatic carbocycles. The highest BCUT2D eigenvalue weighted by Gasteiger charge is 2.36. The highest BCUT2D eigenvalue weighted by atomic mass is 16.5. The molecule has 0 aliphatic carbocycles. The molecule has 2 N–H and O–H groups in total. The fourth-order valence-electron chi connectivity index (χ4n) is 2.24.